The molecule has 0 unspecified atom stereocenters. The van der Waals surface area contributed by atoms with Crippen LogP contribution >= 0.6 is 0 Å². The van der Waals surface area contributed by atoms with Crippen LogP contribution in [0.2, 0.25) is 0 Å². The summed E-state index contributed by atoms with van der Waals surface area (Å²) in [4.78, 5) is 12.1. The molecule has 2 aromatic heterocycles. The summed E-state index contributed by atoms with van der Waals surface area (Å²) in [6, 6.07) is 13.5. The third-order valence-corrected chi connectivity index (χ3v) is 4.65. The Balaban J connectivity index is 1.94. The van der Waals surface area contributed by atoms with Crippen LogP contribution in [-0.2, 0) is 13.6 Å². The zero-order valence-corrected chi connectivity index (χ0v) is 15.1. The van der Waals surface area contributed by atoms with Gasteiger partial charge in [-0.1, -0.05) is 18.2 Å². The summed E-state index contributed by atoms with van der Waals surface area (Å²) >= 11 is 0. The van der Waals surface area contributed by atoms with Crippen LogP contribution in [0.4, 0.5) is 0 Å². The van der Waals surface area contributed by atoms with Gasteiger partial charge in [-0.2, -0.15) is 10.2 Å². The lowest BCUT2D eigenvalue weighted by Gasteiger charge is -2.10. The molecule has 136 valence electrons. The number of aryl methyl sites for hydroxylation is 1. The lowest BCUT2D eigenvalue weighted by atomic mass is 9.98. The van der Waals surface area contributed by atoms with Crippen molar-refractivity contribution < 1.29 is 4.74 Å². The minimum atomic E-state index is -0.229. The van der Waals surface area contributed by atoms with Gasteiger partial charge in [-0.05, 0) is 29.8 Å². The van der Waals surface area contributed by atoms with Gasteiger partial charge >= 0.3 is 0 Å². The number of H-pyrrole nitrogens is 1. The highest BCUT2D eigenvalue weighted by Gasteiger charge is 2.15. The van der Waals surface area contributed by atoms with E-state index in [2.05, 4.69) is 15.3 Å². The molecule has 0 saturated carbocycles. The van der Waals surface area contributed by atoms with Crippen LogP contribution in [-0.4, -0.2) is 27.1 Å². The van der Waals surface area contributed by atoms with Gasteiger partial charge in [0.25, 0.3) is 5.56 Å². The maximum Gasteiger partial charge on any atom is 0.272 e. The highest BCUT2D eigenvalue weighted by Crippen LogP contribution is 2.34. The molecule has 0 radical (unpaired) electrons. The standard InChI is InChI=1S/C20H19N5O2/c1-25-19(13-4-3-5-14(8-13)27-2)17(11-22-25)12-6-7-15-16(9-12)18(10-21)23-24-20(15)26/h3-9,11H,10,21H2,1-2H3,(H,24,26). The molecule has 0 aliphatic heterocycles. The van der Waals surface area contributed by atoms with Gasteiger partial charge in [0.15, 0.2) is 0 Å². The van der Waals surface area contributed by atoms with Crippen LogP contribution in [0.3, 0.4) is 0 Å². The van der Waals surface area contributed by atoms with E-state index in [0.29, 0.717) is 11.1 Å². The summed E-state index contributed by atoms with van der Waals surface area (Å²) in [6.45, 7) is 0.243. The maximum atomic E-state index is 12.1. The Morgan fingerprint density at radius 3 is 2.78 bits per heavy atom. The van der Waals surface area contributed by atoms with Crippen molar-refractivity contribution in [1.29, 1.82) is 0 Å². The Bertz CT molecular complexity index is 1190. The van der Waals surface area contributed by atoms with E-state index in [1.165, 1.54) is 0 Å². The Hall–Kier alpha value is -3.45. The van der Waals surface area contributed by atoms with E-state index in [0.717, 1.165) is 33.5 Å². The number of aromatic nitrogens is 4. The first-order valence-corrected chi connectivity index (χ1v) is 8.50. The molecule has 0 fully saturated rings. The normalized spacial score (nSPS) is 11.1. The smallest absolute Gasteiger partial charge is 0.272 e. The predicted octanol–water partition coefficient (Wildman–Crippen LogP) is 2.46. The van der Waals surface area contributed by atoms with Crippen LogP contribution in [0.25, 0.3) is 33.2 Å². The van der Waals surface area contributed by atoms with E-state index in [1.54, 1.807) is 13.2 Å². The number of benzene rings is 2. The van der Waals surface area contributed by atoms with Crippen molar-refractivity contribution in [3.05, 3.63) is 64.7 Å². The third-order valence-electron chi connectivity index (χ3n) is 4.65. The second kappa shape index (κ2) is 6.69. The summed E-state index contributed by atoms with van der Waals surface area (Å²) in [7, 11) is 3.54. The van der Waals surface area contributed by atoms with E-state index in [9.17, 15) is 4.79 Å². The van der Waals surface area contributed by atoms with Crippen LogP contribution in [0.5, 0.6) is 5.75 Å². The fourth-order valence-electron chi connectivity index (χ4n) is 3.30. The molecule has 4 aromatic rings. The molecule has 3 N–H and O–H groups in total. The molecular formula is C20H19N5O2. The zero-order valence-electron chi connectivity index (χ0n) is 15.1. The number of rotatable bonds is 4. The first-order chi connectivity index (χ1) is 13.1. The Kier molecular flexibility index (Phi) is 4.21. The van der Waals surface area contributed by atoms with Crippen LogP contribution in [0.15, 0.2) is 53.5 Å². The van der Waals surface area contributed by atoms with Crippen LogP contribution in [0.1, 0.15) is 5.69 Å². The van der Waals surface area contributed by atoms with Gasteiger partial charge in [-0.3, -0.25) is 9.48 Å². The minimum Gasteiger partial charge on any atom is -0.497 e. The number of nitrogens with one attached hydrogen (secondary N) is 1. The van der Waals surface area contributed by atoms with Crippen molar-refractivity contribution in [2.75, 3.05) is 7.11 Å². The van der Waals surface area contributed by atoms with Crippen molar-refractivity contribution in [2.45, 2.75) is 6.54 Å². The summed E-state index contributed by atoms with van der Waals surface area (Å²) < 4.78 is 7.18. The largest absolute Gasteiger partial charge is 0.497 e. The number of hydrogen-bond donors (Lipinski definition) is 2. The lowest BCUT2D eigenvalue weighted by Crippen LogP contribution is -2.13. The Morgan fingerprint density at radius 2 is 2.00 bits per heavy atom. The molecule has 0 spiro atoms. The molecular weight excluding hydrogens is 342 g/mol. The summed E-state index contributed by atoms with van der Waals surface area (Å²) in [6.07, 6.45) is 1.82. The van der Waals surface area contributed by atoms with Gasteiger partial charge in [0.2, 0.25) is 0 Å². The number of nitrogens with two attached hydrogens (primary N) is 1. The van der Waals surface area contributed by atoms with Gasteiger partial charge in [-0.15, -0.1) is 0 Å². The van der Waals surface area contributed by atoms with E-state index < -0.39 is 0 Å². The van der Waals surface area contributed by atoms with Gasteiger partial charge in [0.05, 0.1) is 30.1 Å². The molecule has 4 rings (SSSR count). The van der Waals surface area contributed by atoms with Crippen molar-refractivity contribution in [2.24, 2.45) is 12.8 Å². The zero-order chi connectivity index (χ0) is 19.0. The molecule has 0 atom stereocenters. The monoisotopic (exact) mass is 361 g/mol. The number of nitrogens with zero attached hydrogens (tertiary/aromatic N) is 3. The molecule has 0 aliphatic rings. The number of aromatic amines is 1. The van der Waals surface area contributed by atoms with Gasteiger partial charge < -0.3 is 10.5 Å². The number of hydrogen-bond acceptors (Lipinski definition) is 5. The summed E-state index contributed by atoms with van der Waals surface area (Å²) in [5.74, 6) is 0.777. The average Bonchev–Trinajstić information content (AvgIpc) is 3.09. The lowest BCUT2D eigenvalue weighted by molar-refractivity contribution is 0.415. The molecule has 0 bridgehead atoms. The second-order valence-electron chi connectivity index (χ2n) is 6.23. The van der Waals surface area contributed by atoms with Gasteiger partial charge in [-0.25, -0.2) is 5.10 Å². The predicted molar refractivity (Wildman–Crippen MR) is 104 cm³/mol. The summed E-state index contributed by atoms with van der Waals surface area (Å²) in [5, 5.41) is 12.3. The molecule has 2 aromatic carbocycles. The van der Waals surface area contributed by atoms with Gasteiger partial charge in [0.1, 0.15) is 5.75 Å². The van der Waals surface area contributed by atoms with Gasteiger partial charge in [0, 0.05) is 30.1 Å². The first-order valence-electron chi connectivity index (χ1n) is 8.50. The van der Waals surface area contributed by atoms with Crippen molar-refractivity contribution in [3.63, 3.8) is 0 Å². The fraction of sp³-hybridized carbons (Fsp3) is 0.150. The van der Waals surface area contributed by atoms with Crippen molar-refractivity contribution >= 4 is 10.8 Å². The highest BCUT2D eigenvalue weighted by atomic mass is 16.5. The van der Waals surface area contributed by atoms with E-state index >= 15 is 0 Å². The van der Waals surface area contributed by atoms with E-state index in [4.69, 9.17) is 10.5 Å². The second-order valence-corrected chi connectivity index (χ2v) is 6.23. The van der Waals surface area contributed by atoms with Crippen LogP contribution < -0.4 is 16.0 Å². The van der Waals surface area contributed by atoms with Crippen molar-refractivity contribution in [3.8, 4) is 28.1 Å². The Morgan fingerprint density at radius 1 is 1.15 bits per heavy atom. The molecule has 0 saturated heterocycles. The first kappa shape index (κ1) is 17.0. The molecule has 0 amide bonds. The topological polar surface area (TPSA) is 98.8 Å². The van der Waals surface area contributed by atoms with E-state index in [1.807, 2.05) is 54.3 Å². The van der Waals surface area contributed by atoms with Crippen LogP contribution in [0, 0.1) is 0 Å². The maximum absolute atomic E-state index is 12.1. The van der Waals surface area contributed by atoms with Crippen molar-refractivity contribution in [1.82, 2.24) is 20.0 Å². The van der Waals surface area contributed by atoms with E-state index in [-0.39, 0.29) is 12.1 Å². The quantitative estimate of drug-likeness (QED) is 0.582. The molecule has 27 heavy (non-hydrogen) atoms. The summed E-state index contributed by atoms with van der Waals surface area (Å²) in [5.41, 5.74) is 10.1. The molecule has 0 aliphatic carbocycles. The molecule has 7 heteroatoms. The third kappa shape index (κ3) is 2.88. The molecule has 7 nitrogen and oxygen atoms in total. The number of ether oxygens (including phenoxy) is 1. The number of methoxy groups -OCH3 is 1. The number of fused-ring (bicyclic) bond motifs is 1. The SMILES string of the molecule is COc1cccc(-c2c(-c3ccc4c(=O)[nH]nc(CN)c4c3)cnn2C)c1. The molecule has 2 heterocycles. The minimum absolute atomic E-state index is 0.229. The Labute approximate surface area is 155 Å². The highest BCUT2D eigenvalue weighted by molar-refractivity contribution is 5.91. The fourth-order valence-corrected chi connectivity index (χ4v) is 3.30. The average molecular weight is 361 g/mol.